The lowest BCUT2D eigenvalue weighted by molar-refractivity contribution is 0.482. The van der Waals surface area contributed by atoms with Crippen LogP contribution in [0.2, 0.25) is 0 Å². The van der Waals surface area contributed by atoms with Crippen LogP contribution in [0.15, 0.2) is 30.3 Å². The van der Waals surface area contributed by atoms with Crippen LogP contribution >= 0.6 is 0 Å². The minimum Gasteiger partial charge on any atom is -0.354 e. The molecule has 0 radical (unpaired) electrons. The lowest BCUT2D eigenvalue weighted by Crippen LogP contribution is -2.49. The van der Waals surface area contributed by atoms with Gasteiger partial charge in [0.15, 0.2) is 0 Å². The zero-order valence-corrected chi connectivity index (χ0v) is 11.0. The number of piperazine rings is 1. The molecular weight excluding hydrogens is 222 g/mol. The van der Waals surface area contributed by atoms with E-state index in [0.29, 0.717) is 6.04 Å². The Morgan fingerprint density at radius 1 is 1.33 bits per heavy atom. The monoisotopic (exact) mass is 241 g/mol. The van der Waals surface area contributed by atoms with E-state index in [1.165, 1.54) is 10.9 Å². The summed E-state index contributed by atoms with van der Waals surface area (Å²) in [5.41, 5.74) is 2.35. The Labute approximate surface area is 108 Å². The standard InChI is InChI=1S/C15H19N3/c1-11-9-13-5-3-4-6-14(13)17-15(11)18-8-7-16-12(2)10-18/h3-6,9,12,16H,7-8,10H2,1-2H3/t12-/m1/s1. The fourth-order valence-corrected chi connectivity index (χ4v) is 2.66. The first-order valence-corrected chi connectivity index (χ1v) is 6.59. The van der Waals surface area contributed by atoms with Crippen LogP contribution in [0.3, 0.4) is 0 Å². The molecule has 1 aromatic carbocycles. The van der Waals surface area contributed by atoms with Crippen LogP contribution in [0, 0.1) is 6.92 Å². The molecule has 0 amide bonds. The van der Waals surface area contributed by atoms with E-state index in [-0.39, 0.29) is 0 Å². The molecule has 94 valence electrons. The van der Waals surface area contributed by atoms with Crippen molar-refractivity contribution < 1.29 is 0 Å². The maximum absolute atomic E-state index is 4.83. The third-order valence-corrected chi connectivity index (χ3v) is 3.56. The number of para-hydroxylation sites is 1. The van der Waals surface area contributed by atoms with Gasteiger partial charge in [-0.25, -0.2) is 4.98 Å². The third-order valence-electron chi connectivity index (χ3n) is 3.56. The molecule has 2 heterocycles. The van der Waals surface area contributed by atoms with E-state index in [9.17, 15) is 0 Å². The fourth-order valence-electron chi connectivity index (χ4n) is 2.66. The summed E-state index contributed by atoms with van der Waals surface area (Å²) in [5, 5.41) is 4.69. The Morgan fingerprint density at radius 2 is 2.17 bits per heavy atom. The van der Waals surface area contributed by atoms with Gasteiger partial charge in [0.1, 0.15) is 5.82 Å². The molecule has 3 nitrogen and oxygen atoms in total. The number of hydrogen-bond acceptors (Lipinski definition) is 3. The molecule has 1 N–H and O–H groups in total. The lowest BCUT2D eigenvalue weighted by Gasteiger charge is -2.33. The first kappa shape index (κ1) is 11.5. The second-order valence-corrected chi connectivity index (χ2v) is 5.12. The van der Waals surface area contributed by atoms with Gasteiger partial charge in [0, 0.05) is 31.1 Å². The zero-order valence-electron chi connectivity index (χ0n) is 11.0. The Kier molecular flexibility index (Phi) is 2.92. The summed E-state index contributed by atoms with van der Waals surface area (Å²) >= 11 is 0. The average molecular weight is 241 g/mol. The summed E-state index contributed by atoms with van der Waals surface area (Å²) < 4.78 is 0. The van der Waals surface area contributed by atoms with E-state index in [1.54, 1.807) is 0 Å². The van der Waals surface area contributed by atoms with E-state index in [2.05, 4.69) is 54.4 Å². The molecule has 18 heavy (non-hydrogen) atoms. The van der Waals surface area contributed by atoms with Gasteiger partial charge >= 0.3 is 0 Å². The van der Waals surface area contributed by atoms with Crippen molar-refractivity contribution in [1.82, 2.24) is 10.3 Å². The molecule has 1 fully saturated rings. The van der Waals surface area contributed by atoms with Crippen molar-refractivity contribution in [3.05, 3.63) is 35.9 Å². The molecule has 0 saturated carbocycles. The number of aryl methyl sites for hydroxylation is 1. The molecule has 0 bridgehead atoms. The number of pyridine rings is 1. The van der Waals surface area contributed by atoms with E-state index >= 15 is 0 Å². The van der Waals surface area contributed by atoms with E-state index in [1.807, 2.05) is 0 Å². The zero-order chi connectivity index (χ0) is 12.5. The highest BCUT2D eigenvalue weighted by Crippen LogP contribution is 2.23. The van der Waals surface area contributed by atoms with E-state index in [4.69, 9.17) is 4.98 Å². The summed E-state index contributed by atoms with van der Waals surface area (Å²) in [6.07, 6.45) is 0. The Balaban J connectivity index is 2.02. The molecule has 2 aromatic rings. The van der Waals surface area contributed by atoms with Gasteiger partial charge in [0.05, 0.1) is 5.52 Å². The summed E-state index contributed by atoms with van der Waals surface area (Å²) in [7, 11) is 0. The quantitative estimate of drug-likeness (QED) is 0.830. The van der Waals surface area contributed by atoms with Gasteiger partial charge in [-0.15, -0.1) is 0 Å². The smallest absolute Gasteiger partial charge is 0.132 e. The summed E-state index contributed by atoms with van der Waals surface area (Å²) in [6.45, 7) is 7.49. The topological polar surface area (TPSA) is 28.2 Å². The number of benzene rings is 1. The maximum atomic E-state index is 4.83. The molecule has 0 aliphatic carbocycles. The molecule has 1 saturated heterocycles. The molecule has 1 atom stereocenters. The first-order chi connectivity index (χ1) is 8.74. The Morgan fingerprint density at radius 3 is 3.00 bits per heavy atom. The van der Waals surface area contributed by atoms with Gasteiger partial charge in [-0.3, -0.25) is 0 Å². The predicted molar refractivity (Wildman–Crippen MR) is 76.2 cm³/mol. The van der Waals surface area contributed by atoms with Crippen LogP contribution in [-0.2, 0) is 0 Å². The molecule has 3 rings (SSSR count). The van der Waals surface area contributed by atoms with Crippen LogP contribution in [0.1, 0.15) is 12.5 Å². The van der Waals surface area contributed by atoms with Crippen molar-refractivity contribution >= 4 is 16.7 Å². The largest absolute Gasteiger partial charge is 0.354 e. The minimum atomic E-state index is 0.534. The first-order valence-electron chi connectivity index (χ1n) is 6.59. The number of nitrogens with zero attached hydrogens (tertiary/aromatic N) is 2. The van der Waals surface area contributed by atoms with Crippen molar-refractivity contribution in [1.29, 1.82) is 0 Å². The van der Waals surface area contributed by atoms with Crippen molar-refractivity contribution in [2.75, 3.05) is 24.5 Å². The van der Waals surface area contributed by atoms with Crippen molar-refractivity contribution in [2.45, 2.75) is 19.9 Å². The van der Waals surface area contributed by atoms with E-state index < -0.39 is 0 Å². The van der Waals surface area contributed by atoms with Gasteiger partial charge in [-0.05, 0) is 31.5 Å². The van der Waals surface area contributed by atoms with Crippen LogP contribution < -0.4 is 10.2 Å². The van der Waals surface area contributed by atoms with Crippen molar-refractivity contribution in [3.63, 3.8) is 0 Å². The van der Waals surface area contributed by atoms with Crippen LogP contribution in [0.5, 0.6) is 0 Å². The third kappa shape index (κ3) is 2.06. The Hall–Kier alpha value is -1.61. The van der Waals surface area contributed by atoms with Gasteiger partial charge in [-0.1, -0.05) is 18.2 Å². The summed E-state index contributed by atoms with van der Waals surface area (Å²) in [6, 6.07) is 11.1. The van der Waals surface area contributed by atoms with Crippen LogP contribution in [-0.4, -0.2) is 30.7 Å². The molecule has 1 aliphatic rings. The highest BCUT2D eigenvalue weighted by molar-refractivity contribution is 5.81. The molecule has 1 aromatic heterocycles. The number of nitrogens with one attached hydrogen (secondary N) is 1. The molecular formula is C15H19N3. The second-order valence-electron chi connectivity index (χ2n) is 5.12. The molecule has 0 spiro atoms. The van der Waals surface area contributed by atoms with Gasteiger partial charge in [-0.2, -0.15) is 0 Å². The SMILES string of the molecule is Cc1cc2ccccc2nc1N1CCN[C@H](C)C1. The summed E-state index contributed by atoms with van der Waals surface area (Å²) in [5.74, 6) is 1.14. The molecule has 1 aliphatic heterocycles. The lowest BCUT2D eigenvalue weighted by atomic mass is 10.1. The number of aromatic nitrogens is 1. The predicted octanol–water partition coefficient (Wildman–Crippen LogP) is 2.34. The van der Waals surface area contributed by atoms with E-state index in [0.717, 1.165) is 31.0 Å². The second kappa shape index (κ2) is 4.58. The highest BCUT2D eigenvalue weighted by Gasteiger charge is 2.18. The maximum Gasteiger partial charge on any atom is 0.132 e. The van der Waals surface area contributed by atoms with Crippen LogP contribution in [0.4, 0.5) is 5.82 Å². The Bertz CT molecular complexity index is 565. The number of hydrogen-bond donors (Lipinski definition) is 1. The molecule has 3 heteroatoms. The number of fused-ring (bicyclic) bond motifs is 1. The fraction of sp³-hybridized carbons (Fsp3) is 0.400. The number of anilines is 1. The van der Waals surface area contributed by atoms with Gasteiger partial charge < -0.3 is 10.2 Å². The van der Waals surface area contributed by atoms with Gasteiger partial charge in [0.2, 0.25) is 0 Å². The van der Waals surface area contributed by atoms with Crippen molar-refractivity contribution in [3.8, 4) is 0 Å². The molecule has 0 unspecified atom stereocenters. The van der Waals surface area contributed by atoms with Gasteiger partial charge in [0.25, 0.3) is 0 Å². The number of rotatable bonds is 1. The minimum absolute atomic E-state index is 0.534. The normalized spacial score (nSPS) is 20.3. The van der Waals surface area contributed by atoms with Crippen LogP contribution in [0.25, 0.3) is 10.9 Å². The highest BCUT2D eigenvalue weighted by atomic mass is 15.2. The summed E-state index contributed by atoms with van der Waals surface area (Å²) in [4.78, 5) is 7.22. The average Bonchev–Trinajstić information content (AvgIpc) is 2.38. The van der Waals surface area contributed by atoms with Crippen molar-refractivity contribution in [2.24, 2.45) is 0 Å².